The van der Waals surface area contributed by atoms with Crippen molar-refractivity contribution >= 4 is 11.8 Å². The van der Waals surface area contributed by atoms with Crippen molar-refractivity contribution in [2.45, 2.75) is 12.5 Å². The quantitative estimate of drug-likeness (QED) is 0.917. The second kappa shape index (κ2) is 7.64. The van der Waals surface area contributed by atoms with Crippen LogP contribution in [0.3, 0.4) is 0 Å². The molecule has 0 radical (unpaired) electrons. The molecule has 2 amide bonds. The minimum atomic E-state index is -0.566. The number of ether oxygens (including phenoxy) is 1. The lowest BCUT2D eigenvalue weighted by molar-refractivity contribution is -0.143. The van der Waals surface area contributed by atoms with Gasteiger partial charge in [0.1, 0.15) is 11.8 Å². The highest BCUT2D eigenvalue weighted by atomic mass is 16.5. The molecular weight excluding hydrogens is 304 g/mol. The van der Waals surface area contributed by atoms with Crippen LogP contribution in [0.1, 0.15) is 18.0 Å². The maximum atomic E-state index is 12.6. The van der Waals surface area contributed by atoms with Crippen LogP contribution >= 0.6 is 0 Å². The largest absolute Gasteiger partial charge is 0.493 e. The van der Waals surface area contributed by atoms with Gasteiger partial charge in [-0.1, -0.05) is 48.5 Å². The zero-order valence-electron chi connectivity index (χ0n) is 13.4. The molecule has 3 rings (SSSR count). The smallest absolute Gasteiger partial charge is 0.247 e. The average Bonchev–Trinajstić information content (AvgIpc) is 2.63. The zero-order valence-corrected chi connectivity index (χ0v) is 13.4. The minimum absolute atomic E-state index is 0.0744. The first-order valence-electron chi connectivity index (χ1n) is 8.05. The van der Waals surface area contributed by atoms with Crippen molar-refractivity contribution in [1.82, 2.24) is 10.2 Å². The van der Waals surface area contributed by atoms with Gasteiger partial charge in [-0.15, -0.1) is 0 Å². The fraction of sp³-hybridized carbons (Fsp3) is 0.263. The molecule has 1 N–H and O–H groups in total. The van der Waals surface area contributed by atoms with Crippen LogP contribution < -0.4 is 10.1 Å². The van der Waals surface area contributed by atoms with Gasteiger partial charge in [-0.05, 0) is 17.7 Å². The fourth-order valence-electron chi connectivity index (χ4n) is 2.82. The molecule has 124 valence electrons. The summed E-state index contributed by atoms with van der Waals surface area (Å²) < 4.78 is 5.59. The normalized spacial score (nSPS) is 17.2. The van der Waals surface area contributed by atoms with E-state index >= 15 is 0 Å². The molecule has 0 aromatic heterocycles. The van der Waals surface area contributed by atoms with Gasteiger partial charge in [0.25, 0.3) is 0 Å². The molecule has 2 aromatic carbocycles. The molecule has 1 aliphatic rings. The standard InChI is InChI=1S/C19H20N2O3/c22-17(11-14-24-16-9-5-2-6-10-16)21-13-12-20-19(23)18(21)15-7-3-1-4-8-15/h1-10,18H,11-14H2,(H,20,23). The summed E-state index contributed by atoms with van der Waals surface area (Å²) in [7, 11) is 0. The summed E-state index contributed by atoms with van der Waals surface area (Å²) in [5, 5.41) is 2.83. The lowest BCUT2D eigenvalue weighted by Gasteiger charge is -2.35. The molecule has 5 heteroatoms. The van der Waals surface area contributed by atoms with Crippen LogP contribution in [0.2, 0.25) is 0 Å². The van der Waals surface area contributed by atoms with Gasteiger partial charge in [0.05, 0.1) is 13.0 Å². The lowest BCUT2D eigenvalue weighted by atomic mass is 10.0. The van der Waals surface area contributed by atoms with E-state index in [4.69, 9.17) is 4.74 Å². The number of carbonyl (C=O) groups is 2. The monoisotopic (exact) mass is 324 g/mol. The Bertz CT molecular complexity index is 688. The molecule has 24 heavy (non-hydrogen) atoms. The van der Waals surface area contributed by atoms with Crippen molar-refractivity contribution in [3.8, 4) is 5.75 Å². The summed E-state index contributed by atoms with van der Waals surface area (Å²) in [5.41, 5.74) is 0.826. The molecule has 1 saturated heterocycles. The number of hydrogen-bond acceptors (Lipinski definition) is 3. The van der Waals surface area contributed by atoms with Crippen LogP contribution in [0.15, 0.2) is 60.7 Å². The van der Waals surface area contributed by atoms with Crippen LogP contribution in [0.25, 0.3) is 0 Å². The van der Waals surface area contributed by atoms with Crippen LogP contribution in [0, 0.1) is 0 Å². The van der Waals surface area contributed by atoms with E-state index in [1.807, 2.05) is 60.7 Å². The van der Waals surface area contributed by atoms with Gasteiger partial charge in [-0.2, -0.15) is 0 Å². The zero-order chi connectivity index (χ0) is 16.8. The van der Waals surface area contributed by atoms with Crippen molar-refractivity contribution in [3.63, 3.8) is 0 Å². The maximum absolute atomic E-state index is 12.6. The van der Waals surface area contributed by atoms with Crippen molar-refractivity contribution in [2.75, 3.05) is 19.7 Å². The summed E-state index contributed by atoms with van der Waals surface area (Å²) in [6.07, 6.45) is 0.242. The van der Waals surface area contributed by atoms with E-state index in [2.05, 4.69) is 5.32 Å². The third-order valence-electron chi connectivity index (χ3n) is 3.98. The first-order valence-corrected chi connectivity index (χ1v) is 8.05. The Kier molecular flexibility index (Phi) is 5.11. The van der Waals surface area contributed by atoms with E-state index < -0.39 is 6.04 Å². The number of nitrogens with zero attached hydrogens (tertiary/aromatic N) is 1. The van der Waals surface area contributed by atoms with Crippen molar-refractivity contribution < 1.29 is 14.3 Å². The predicted molar refractivity (Wildman–Crippen MR) is 90.5 cm³/mol. The number of carbonyl (C=O) groups excluding carboxylic acids is 2. The van der Waals surface area contributed by atoms with Crippen LogP contribution in [0.4, 0.5) is 0 Å². The van der Waals surface area contributed by atoms with E-state index in [9.17, 15) is 9.59 Å². The van der Waals surface area contributed by atoms with E-state index in [1.165, 1.54) is 0 Å². The molecule has 1 atom stereocenters. The molecule has 0 aliphatic carbocycles. The molecule has 0 bridgehead atoms. The summed E-state index contributed by atoms with van der Waals surface area (Å²) in [5.74, 6) is 0.528. The molecule has 1 heterocycles. The SMILES string of the molecule is O=C1NCCN(C(=O)CCOc2ccccc2)C1c1ccccc1. The average molecular weight is 324 g/mol. The number of para-hydroxylation sites is 1. The van der Waals surface area contributed by atoms with Gasteiger partial charge in [-0.3, -0.25) is 9.59 Å². The predicted octanol–water partition coefficient (Wildman–Crippen LogP) is 2.16. The van der Waals surface area contributed by atoms with Gasteiger partial charge < -0.3 is 15.0 Å². The second-order valence-corrected chi connectivity index (χ2v) is 5.60. The van der Waals surface area contributed by atoms with Crippen LogP contribution in [-0.2, 0) is 9.59 Å². The third kappa shape index (κ3) is 3.74. The van der Waals surface area contributed by atoms with E-state index in [0.29, 0.717) is 19.7 Å². The van der Waals surface area contributed by atoms with Crippen molar-refractivity contribution in [3.05, 3.63) is 66.2 Å². The van der Waals surface area contributed by atoms with E-state index in [-0.39, 0.29) is 18.2 Å². The topological polar surface area (TPSA) is 58.6 Å². The number of rotatable bonds is 5. The first-order chi connectivity index (χ1) is 11.8. The van der Waals surface area contributed by atoms with Gasteiger partial charge >= 0.3 is 0 Å². The molecule has 0 saturated carbocycles. The Morgan fingerprint density at radius 2 is 1.75 bits per heavy atom. The second-order valence-electron chi connectivity index (χ2n) is 5.60. The molecule has 0 spiro atoms. The van der Waals surface area contributed by atoms with Crippen LogP contribution in [-0.4, -0.2) is 36.4 Å². The van der Waals surface area contributed by atoms with Crippen LogP contribution in [0.5, 0.6) is 5.75 Å². The van der Waals surface area contributed by atoms with Gasteiger partial charge in [-0.25, -0.2) is 0 Å². The fourth-order valence-corrected chi connectivity index (χ4v) is 2.82. The molecule has 1 unspecified atom stereocenters. The molecular formula is C19H20N2O3. The number of amides is 2. The molecule has 1 aliphatic heterocycles. The van der Waals surface area contributed by atoms with Gasteiger partial charge in [0.15, 0.2) is 0 Å². The Labute approximate surface area is 141 Å². The Morgan fingerprint density at radius 3 is 2.46 bits per heavy atom. The Morgan fingerprint density at radius 1 is 1.08 bits per heavy atom. The molecule has 1 fully saturated rings. The third-order valence-corrected chi connectivity index (χ3v) is 3.98. The van der Waals surface area contributed by atoms with E-state index in [1.54, 1.807) is 4.90 Å². The minimum Gasteiger partial charge on any atom is -0.493 e. The summed E-state index contributed by atoms with van der Waals surface area (Å²) in [6, 6.07) is 18.2. The van der Waals surface area contributed by atoms with Crippen molar-refractivity contribution in [2.24, 2.45) is 0 Å². The first kappa shape index (κ1) is 16.1. The number of piperazine rings is 1. The maximum Gasteiger partial charge on any atom is 0.247 e. The summed E-state index contributed by atoms with van der Waals surface area (Å²) in [4.78, 5) is 26.5. The molecule has 5 nitrogen and oxygen atoms in total. The van der Waals surface area contributed by atoms with Gasteiger partial charge in [0, 0.05) is 13.1 Å². The number of nitrogens with one attached hydrogen (secondary N) is 1. The highest BCUT2D eigenvalue weighted by molar-refractivity contribution is 5.89. The Balaban J connectivity index is 1.64. The highest BCUT2D eigenvalue weighted by Gasteiger charge is 2.33. The summed E-state index contributed by atoms with van der Waals surface area (Å²) in [6.45, 7) is 1.28. The Hall–Kier alpha value is -2.82. The highest BCUT2D eigenvalue weighted by Crippen LogP contribution is 2.23. The number of hydrogen-bond donors (Lipinski definition) is 1. The summed E-state index contributed by atoms with van der Waals surface area (Å²) >= 11 is 0. The van der Waals surface area contributed by atoms with Gasteiger partial charge in [0.2, 0.25) is 11.8 Å². The molecule has 2 aromatic rings. The van der Waals surface area contributed by atoms with E-state index in [0.717, 1.165) is 11.3 Å². The van der Waals surface area contributed by atoms with Crippen molar-refractivity contribution in [1.29, 1.82) is 0 Å². The lowest BCUT2D eigenvalue weighted by Crippen LogP contribution is -2.52. The number of benzene rings is 2.